The molecule has 0 aliphatic carbocycles. The molecule has 0 atom stereocenters. The number of aromatic nitrogens is 2. The van der Waals surface area contributed by atoms with Gasteiger partial charge in [0.25, 0.3) is 5.91 Å². The number of aromatic amines is 1. The van der Waals surface area contributed by atoms with Crippen LogP contribution >= 0.6 is 0 Å². The maximum absolute atomic E-state index is 13.9. The number of aliphatic hydroxyl groups is 1. The molecule has 156 valence electrons. The number of pyridine rings is 1. The van der Waals surface area contributed by atoms with Crippen molar-refractivity contribution in [3.8, 4) is 16.9 Å². The second-order valence-electron chi connectivity index (χ2n) is 7.94. The minimum absolute atomic E-state index is 0.281. The van der Waals surface area contributed by atoms with E-state index in [1.165, 1.54) is 26.0 Å². The van der Waals surface area contributed by atoms with E-state index >= 15 is 0 Å². The smallest absolute Gasteiger partial charge is 0.254 e. The van der Waals surface area contributed by atoms with E-state index in [-0.39, 0.29) is 11.7 Å². The van der Waals surface area contributed by atoms with Gasteiger partial charge in [0.2, 0.25) is 0 Å². The number of amides is 1. The molecule has 1 aliphatic heterocycles. The summed E-state index contributed by atoms with van der Waals surface area (Å²) in [6.45, 7) is 3.97. The number of nitrogens with one attached hydrogen (secondary N) is 1. The Labute approximate surface area is 174 Å². The largest absolute Gasteiger partial charge is 0.496 e. The SMILES string of the molecule is COc1ccc(F)cc1-c1ccnc2[nH]c(C3=CCN(C(=O)C(C)(C)O)CC3)cc12. The second kappa shape index (κ2) is 7.57. The Morgan fingerprint density at radius 3 is 2.73 bits per heavy atom. The fraction of sp³-hybridized carbons (Fsp3) is 0.304. The van der Waals surface area contributed by atoms with Crippen molar-refractivity contribution >= 4 is 22.5 Å². The van der Waals surface area contributed by atoms with Crippen molar-refractivity contribution in [1.82, 2.24) is 14.9 Å². The molecule has 4 rings (SSSR count). The molecule has 30 heavy (non-hydrogen) atoms. The molecule has 3 aromatic rings. The van der Waals surface area contributed by atoms with Crippen molar-refractivity contribution in [1.29, 1.82) is 0 Å². The lowest BCUT2D eigenvalue weighted by molar-refractivity contribution is -0.147. The van der Waals surface area contributed by atoms with E-state index in [0.717, 1.165) is 22.2 Å². The number of H-pyrrole nitrogens is 1. The van der Waals surface area contributed by atoms with Crippen LogP contribution in [-0.2, 0) is 4.79 Å². The first kappa shape index (κ1) is 20.1. The van der Waals surface area contributed by atoms with Crippen LogP contribution in [0.4, 0.5) is 4.39 Å². The number of hydrogen-bond donors (Lipinski definition) is 2. The molecule has 2 aromatic heterocycles. The summed E-state index contributed by atoms with van der Waals surface area (Å²) in [7, 11) is 1.56. The van der Waals surface area contributed by atoms with Crippen LogP contribution in [0.15, 0.2) is 42.6 Å². The first-order chi connectivity index (χ1) is 14.3. The summed E-state index contributed by atoms with van der Waals surface area (Å²) < 4.78 is 19.3. The van der Waals surface area contributed by atoms with Crippen LogP contribution in [0.25, 0.3) is 27.7 Å². The number of rotatable bonds is 4. The van der Waals surface area contributed by atoms with Crippen LogP contribution in [0, 0.1) is 5.82 Å². The lowest BCUT2D eigenvalue weighted by atomic mass is 10.00. The van der Waals surface area contributed by atoms with Crippen molar-refractivity contribution in [3.63, 3.8) is 0 Å². The van der Waals surface area contributed by atoms with Gasteiger partial charge in [-0.25, -0.2) is 9.37 Å². The van der Waals surface area contributed by atoms with Gasteiger partial charge in [-0.15, -0.1) is 0 Å². The van der Waals surface area contributed by atoms with Gasteiger partial charge in [0, 0.05) is 35.9 Å². The third-order valence-electron chi connectivity index (χ3n) is 5.35. The van der Waals surface area contributed by atoms with Crippen LogP contribution in [-0.4, -0.2) is 51.7 Å². The zero-order chi connectivity index (χ0) is 21.5. The van der Waals surface area contributed by atoms with Gasteiger partial charge in [-0.05, 0) is 61.7 Å². The van der Waals surface area contributed by atoms with E-state index in [2.05, 4.69) is 9.97 Å². The molecule has 1 amide bonds. The average Bonchev–Trinajstić information content (AvgIpc) is 3.17. The van der Waals surface area contributed by atoms with Gasteiger partial charge in [-0.3, -0.25) is 4.79 Å². The number of benzene rings is 1. The van der Waals surface area contributed by atoms with Gasteiger partial charge in [0.05, 0.1) is 7.11 Å². The number of halogens is 1. The Kier molecular flexibility index (Phi) is 5.07. The number of carbonyl (C=O) groups is 1. The summed E-state index contributed by atoms with van der Waals surface area (Å²) >= 11 is 0. The van der Waals surface area contributed by atoms with Gasteiger partial charge in [0.1, 0.15) is 22.8 Å². The summed E-state index contributed by atoms with van der Waals surface area (Å²) in [5, 5.41) is 10.8. The third kappa shape index (κ3) is 3.68. The molecule has 7 heteroatoms. The molecule has 0 saturated carbocycles. The molecular formula is C23H24FN3O3. The summed E-state index contributed by atoms with van der Waals surface area (Å²) in [5.41, 5.74) is 2.80. The predicted octanol–water partition coefficient (Wildman–Crippen LogP) is 3.76. The molecular weight excluding hydrogens is 385 g/mol. The van der Waals surface area contributed by atoms with Crippen LogP contribution in [0.5, 0.6) is 5.75 Å². The van der Waals surface area contributed by atoms with Crippen LogP contribution in [0.1, 0.15) is 26.0 Å². The number of hydrogen-bond acceptors (Lipinski definition) is 4. The molecule has 6 nitrogen and oxygen atoms in total. The van der Waals surface area contributed by atoms with Gasteiger partial charge < -0.3 is 19.7 Å². The number of fused-ring (bicyclic) bond motifs is 1. The van der Waals surface area contributed by atoms with E-state index in [1.54, 1.807) is 24.3 Å². The van der Waals surface area contributed by atoms with Crippen molar-refractivity contribution in [2.24, 2.45) is 0 Å². The van der Waals surface area contributed by atoms with Gasteiger partial charge in [0.15, 0.2) is 0 Å². The molecule has 0 fully saturated rings. The summed E-state index contributed by atoms with van der Waals surface area (Å²) in [6.07, 6.45) is 4.33. The fourth-order valence-corrected chi connectivity index (χ4v) is 3.81. The summed E-state index contributed by atoms with van der Waals surface area (Å²) in [5.74, 6) is -0.0287. The summed E-state index contributed by atoms with van der Waals surface area (Å²) in [6, 6.07) is 8.29. The van der Waals surface area contributed by atoms with Gasteiger partial charge >= 0.3 is 0 Å². The number of ether oxygens (including phenoxy) is 1. The maximum Gasteiger partial charge on any atom is 0.254 e. The van der Waals surface area contributed by atoms with E-state index in [4.69, 9.17) is 4.74 Å². The fourth-order valence-electron chi connectivity index (χ4n) is 3.81. The predicted molar refractivity (Wildman–Crippen MR) is 114 cm³/mol. The highest BCUT2D eigenvalue weighted by molar-refractivity contribution is 5.97. The number of carbonyl (C=O) groups excluding carboxylic acids is 1. The Hall–Kier alpha value is -3.19. The lowest BCUT2D eigenvalue weighted by Crippen LogP contribution is -2.46. The van der Waals surface area contributed by atoms with E-state index in [0.29, 0.717) is 36.5 Å². The van der Waals surface area contributed by atoms with Crippen LogP contribution < -0.4 is 4.74 Å². The maximum atomic E-state index is 13.9. The lowest BCUT2D eigenvalue weighted by Gasteiger charge is -2.31. The van der Waals surface area contributed by atoms with Crippen LogP contribution in [0.3, 0.4) is 0 Å². The molecule has 3 heterocycles. The first-order valence-corrected chi connectivity index (χ1v) is 9.80. The Morgan fingerprint density at radius 1 is 1.27 bits per heavy atom. The van der Waals surface area contributed by atoms with E-state index in [9.17, 15) is 14.3 Å². The minimum atomic E-state index is -1.38. The Balaban J connectivity index is 1.69. The van der Waals surface area contributed by atoms with Gasteiger partial charge in [-0.1, -0.05) is 6.08 Å². The van der Waals surface area contributed by atoms with E-state index in [1.807, 2.05) is 18.2 Å². The Morgan fingerprint density at radius 2 is 2.07 bits per heavy atom. The number of nitrogens with zero attached hydrogens (tertiary/aromatic N) is 2. The Bertz CT molecular complexity index is 1140. The van der Waals surface area contributed by atoms with E-state index < -0.39 is 5.60 Å². The molecule has 0 spiro atoms. The molecule has 1 aliphatic rings. The highest BCUT2D eigenvalue weighted by Gasteiger charge is 2.30. The second-order valence-corrected chi connectivity index (χ2v) is 7.94. The quantitative estimate of drug-likeness (QED) is 0.688. The average molecular weight is 409 g/mol. The third-order valence-corrected chi connectivity index (χ3v) is 5.35. The molecule has 2 N–H and O–H groups in total. The molecule has 1 aromatic carbocycles. The molecule has 0 radical (unpaired) electrons. The summed E-state index contributed by atoms with van der Waals surface area (Å²) in [4.78, 5) is 21.7. The number of methoxy groups -OCH3 is 1. The van der Waals surface area contributed by atoms with Crippen molar-refractivity contribution in [3.05, 3.63) is 54.1 Å². The highest BCUT2D eigenvalue weighted by atomic mass is 19.1. The molecule has 0 unspecified atom stereocenters. The highest BCUT2D eigenvalue weighted by Crippen LogP contribution is 2.36. The minimum Gasteiger partial charge on any atom is -0.496 e. The van der Waals surface area contributed by atoms with Gasteiger partial charge in [-0.2, -0.15) is 0 Å². The van der Waals surface area contributed by atoms with Crippen molar-refractivity contribution in [2.45, 2.75) is 25.9 Å². The van der Waals surface area contributed by atoms with Crippen molar-refractivity contribution < 1.29 is 19.0 Å². The van der Waals surface area contributed by atoms with Crippen LogP contribution in [0.2, 0.25) is 0 Å². The first-order valence-electron chi connectivity index (χ1n) is 9.80. The normalized spacial score (nSPS) is 14.7. The van der Waals surface area contributed by atoms with Crippen molar-refractivity contribution in [2.75, 3.05) is 20.2 Å². The standard InChI is InChI=1S/C23H24FN3O3/c1-23(2,29)22(28)27-10-7-14(8-11-27)19-13-18-16(6-9-25-21(18)26-19)17-12-15(24)4-5-20(17)30-3/h4-7,9,12-13,29H,8,10-11H2,1-3H3,(H,25,26). The monoisotopic (exact) mass is 409 g/mol. The molecule has 0 saturated heterocycles. The topological polar surface area (TPSA) is 78.5 Å². The zero-order valence-electron chi connectivity index (χ0n) is 17.2. The zero-order valence-corrected chi connectivity index (χ0v) is 17.2. The molecule has 0 bridgehead atoms.